The number of nitrogens with zero attached hydrogens (tertiary/aromatic N) is 2. The highest BCUT2D eigenvalue weighted by Gasteiger charge is 2.33. The number of benzene rings is 1. The molecule has 0 amide bonds. The first kappa shape index (κ1) is 13.7. The molecule has 0 radical (unpaired) electrons. The summed E-state index contributed by atoms with van der Waals surface area (Å²) in [5, 5.41) is 10.9. The number of halogens is 3. The number of nitro groups is 1. The van der Waals surface area contributed by atoms with Gasteiger partial charge in [-0.2, -0.15) is 13.2 Å². The Labute approximate surface area is 111 Å². The Hall–Kier alpha value is -1.70. The Kier molecular flexibility index (Phi) is 3.44. The molecule has 1 aliphatic heterocycles. The van der Waals surface area contributed by atoms with Crippen LogP contribution in [0.2, 0.25) is 0 Å². The van der Waals surface area contributed by atoms with E-state index in [0.717, 1.165) is 12.1 Å². The second-order valence-electron chi connectivity index (χ2n) is 3.96. The Morgan fingerprint density at radius 2 is 1.89 bits per heavy atom. The fourth-order valence-corrected chi connectivity index (χ4v) is 2.81. The lowest BCUT2D eigenvalue weighted by Gasteiger charge is -2.08. The van der Waals surface area contributed by atoms with Crippen molar-refractivity contribution in [3.05, 3.63) is 51.3 Å². The minimum atomic E-state index is -4.40. The van der Waals surface area contributed by atoms with Crippen molar-refractivity contribution in [2.45, 2.75) is 6.18 Å². The van der Waals surface area contributed by atoms with Gasteiger partial charge in [0.05, 0.1) is 12.6 Å². The molecule has 102 valence electrons. The van der Waals surface area contributed by atoms with Crippen molar-refractivity contribution in [3.63, 3.8) is 0 Å². The molecule has 0 fully saturated rings. The molecule has 0 aliphatic carbocycles. The second-order valence-corrected chi connectivity index (χ2v) is 4.91. The molecule has 0 saturated carbocycles. The standard InChI is InChI=1S/C11H9F3N2O2S/c1-15-6-19-9(10(15)16(17)18)7-2-4-8(5-3-7)11(12,13)14/h2-5H,6H2,1H3. The van der Waals surface area contributed by atoms with Crippen LogP contribution in [0.3, 0.4) is 0 Å². The van der Waals surface area contributed by atoms with Crippen molar-refractivity contribution in [2.75, 3.05) is 12.9 Å². The maximum atomic E-state index is 12.4. The molecule has 19 heavy (non-hydrogen) atoms. The van der Waals surface area contributed by atoms with Crippen molar-refractivity contribution in [1.82, 2.24) is 4.90 Å². The molecule has 0 saturated heterocycles. The lowest BCUT2D eigenvalue weighted by atomic mass is 10.1. The van der Waals surface area contributed by atoms with E-state index in [-0.39, 0.29) is 5.82 Å². The quantitative estimate of drug-likeness (QED) is 0.619. The predicted molar refractivity (Wildman–Crippen MR) is 65.6 cm³/mol. The van der Waals surface area contributed by atoms with Gasteiger partial charge in [-0.1, -0.05) is 23.9 Å². The van der Waals surface area contributed by atoms with E-state index in [9.17, 15) is 23.3 Å². The Bertz CT molecular complexity index is 540. The van der Waals surface area contributed by atoms with E-state index < -0.39 is 16.7 Å². The Morgan fingerprint density at radius 1 is 1.32 bits per heavy atom. The lowest BCUT2D eigenvalue weighted by molar-refractivity contribution is -0.442. The highest BCUT2D eigenvalue weighted by Crippen LogP contribution is 2.39. The van der Waals surface area contributed by atoms with Crippen molar-refractivity contribution >= 4 is 16.7 Å². The minimum Gasteiger partial charge on any atom is -0.358 e. The molecular formula is C11H9F3N2O2S. The van der Waals surface area contributed by atoms with E-state index >= 15 is 0 Å². The van der Waals surface area contributed by atoms with Gasteiger partial charge in [0.15, 0.2) is 0 Å². The van der Waals surface area contributed by atoms with Gasteiger partial charge in [-0.25, -0.2) is 0 Å². The number of hydrogen-bond acceptors (Lipinski definition) is 4. The van der Waals surface area contributed by atoms with Crippen LogP contribution >= 0.6 is 11.8 Å². The molecule has 1 aromatic carbocycles. The summed E-state index contributed by atoms with van der Waals surface area (Å²) in [6.07, 6.45) is -4.40. The zero-order valence-electron chi connectivity index (χ0n) is 9.77. The summed E-state index contributed by atoms with van der Waals surface area (Å²) in [4.78, 5) is 12.3. The molecule has 4 nitrogen and oxygen atoms in total. The van der Waals surface area contributed by atoms with E-state index in [4.69, 9.17) is 0 Å². The van der Waals surface area contributed by atoms with Gasteiger partial charge in [0.2, 0.25) is 0 Å². The van der Waals surface area contributed by atoms with Gasteiger partial charge < -0.3 is 10.1 Å². The molecule has 2 rings (SSSR count). The van der Waals surface area contributed by atoms with Gasteiger partial charge in [-0.15, -0.1) is 0 Å². The third-order valence-corrected chi connectivity index (χ3v) is 3.84. The van der Waals surface area contributed by atoms with E-state index in [1.807, 2.05) is 0 Å². The summed E-state index contributed by atoms with van der Waals surface area (Å²) in [5.41, 5.74) is -0.343. The number of rotatable bonds is 2. The number of thioether (sulfide) groups is 1. The highest BCUT2D eigenvalue weighted by molar-refractivity contribution is 8.08. The van der Waals surface area contributed by atoms with Crippen LogP contribution in [0.5, 0.6) is 0 Å². The fourth-order valence-electron chi connectivity index (χ4n) is 1.71. The highest BCUT2D eigenvalue weighted by atomic mass is 32.2. The molecule has 0 unspecified atom stereocenters. The van der Waals surface area contributed by atoms with Gasteiger partial charge in [-0.05, 0) is 22.6 Å². The average molecular weight is 290 g/mol. The van der Waals surface area contributed by atoms with Gasteiger partial charge in [0.25, 0.3) is 0 Å². The number of alkyl halides is 3. The first-order chi connectivity index (χ1) is 8.80. The topological polar surface area (TPSA) is 46.4 Å². The summed E-state index contributed by atoms with van der Waals surface area (Å²) in [6, 6.07) is 4.37. The molecule has 1 heterocycles. The molecular weight excluding hydrogens is 281 g/mol. The van der Waals surface area contributed by atoms with Crippen LogP contribution in [0.4, 0.5) is 13.2 Å². The van der Waals surface area contributed by atoms with Crippen molar-refractivity contribution in [3.8, 4) is 0 Å². The second kappa shape index (κ2) is 4.76. The predicted octanol–water partition coefficient (Wildman–Crippen LogP) is 3.24. The van der Waals surface area contributed by atoms with E-state index in [1.165, 1.54) is 28.8 Å². The zero-order valence-corrected chi connectivity index (χ0v) is 10.6. The SMILES string of the molecule is CN1CSC(c2ccc(C(F)(F)F)cc2)=C1[N+](=O)[O-]. The van der Waals surface area contributed by atoms with Gasteiger partial charge in [-0.3, -0.25) is 4.90 Å². The molecule has 8 heteroatoms. The van der Waals surface area contributed by atoms with E-state index in [0.29, 0.717) is 16.3 Å². The van der Waals surface area contributed by atoms with E-state index in [2.05, 4.69) is 0 Å². The van der Waals surface area contributed by atoms with Crippen LogP contribution in [0.15, 0.2) is 30.1 Å². The van der Waals surface area contributed by atoms with Crippen LogP contribution in [0.1, 0.15) is 11.1 Å². The van der Waals surface area contributed by atoms with Crippen LogP contribution in [0.25, 0.3) is 4.91 Å². The largest absolute Gasteiger partial charge is 0.416 e. The van der Waals surface area contributed by atoms with Crippen molar-refractivity contribution in [1.29, 1.82) is 0 Å². The molecule has 0 spiro atoms. The maximum absolute atomic E-state index is 12.4. The summed E-state index contributed by atoms with van der Waals surface area (Å²) in [6.45, 7) is 0. The zero-order chi connectivity index (χ0) is 14.2. The summed E-state index contributed by atoms with van der Waals surface area (Å²) in [5.74, 6) is 0.330. The summed E-state index contributed by atoms with van der Waals surface area (Å²) >= 11 is 1.24. The molecule has 0 N–H and O–H groups in total. The van der Waals surface area contributed by atoms with Gasteiger partial charge in [0, 0.05) is 0 Å². The Morgan fingerprint density at radius 3 is 2.37 bits per heavy atom. The molecule has 0 aromatic heterocycles. The lowest BCUT2D eigenvalue weighted by Crippen LogP contribution is -2.18. The van der Waals surface area contributed by atoms with Crippen molar-refractivity contribution in [2.24, 2.45) is 0 Å². The minimum absolute atomic E-state index is 0.0789. The van der Waals surface area contributed by atoms with Gasteiger partial charge >= 0.3 is 12.0 Å². The van der Waals surface area contributed by atoms with E-state index in [1.54, 1.807) is 7.05 Å². The molecule has 0 atom stereocenters. The molecule has 1 aromatic rings. The fraction of sp³-hybridized carbons (Fsp3) is 0.273. The van der Waals surface area contributed by atoms with Crippen molar-refractivity contribution < 1.29 is 18.1 Å². The monoisotopic (exact) mass is 290 g/mol. The van der Waals surface area contributed by atoms with Crippen LogP contribution in [-0.2, 0) is 6.18 Å². The maximum Gasteiger partial charge on any atom is 0.416 e. The Balaban J connectivity index is 2.40. The summed E-state index contributed by atoms with van der Waals surface area (Å²) in [7, 11) is 1.57. The van der Waals surface area contributed by atoms with Crippen LogP contribution < -0.4 is 0 Å². The summed E-state index contributed by atoms with van der Waals surface area (Å²) < 4.78 is 37.3. The third kappa shape index (κ3) is 2.67. The third-order valence-electron chi connectivity index (χ3n) is 2.61. The molecule has 1 aliphatic rings. The smallest absolute Gasteiger partial charge is 0.358 e. The van der Waals surface area contributed by atoms with Crippen LogP contribution in [0, 0.1) is 10.1 Å². The van der Waals surface area contributed by atoms with Crippen LogP contribution in [-0.4, -0.2) is 22.7 Å². The number of hydrogen-bond donors (Lipinski definition) is 0. The average Bonchev–Trinajstić information content (AvgIpc) is 2.70. The normalized spacial score (nSPS) is 16.1. The first-order valence-electron chi connectivity index (χ1n) is 5.21. The van der Waals surface area contributed by atoms with Gasteiger partial charge in [0.1, 0.15) is 10.8 Å². The molecule has 0 bridgehead atoms. The first-order valence-corrected chi connectivity index (χ1v) is 6.19.